The number of nitrogens with zero attached hydrogens (tertiary/aromatic N) is 3. The van der Waals surface area contributed by atoms with E-state index in [2.05, 4.69) is 26.1 Å². The summed E-state index contributed by atoms with van der Waals surface area (Å²) in [5, 5.41) is 14.3. The Morgan fingerprint density at radius 1 is 1.02 bits per heavy atom. The Morgan fingerprint density at radius 2 is 1.72 bits per heavy atom. The monoisotopic (exact) mass is 838 g/mol. The number of hydrogen-bond donors (Lipinski definition) is 4. The molecule has 0 bridgehead atoms. The lowest BCUT2D eigenvalue weighted by molar-refractivity contribution is -0.292. The molecule has 3 aliphatic heterocycles. The normalized spacial score (nSPS) is 35.4. The zero-order valence-electron chi connectivity index (χ0n) is 36.3. The zero-order valence-corrected chi connectivity index (χ0v) is 36.3. The third kappa shape index (κ3) is 10.3. The Hall–Kier alpha value is -4.55. The number of cyclic esters (lactones) is 1. The van der Waals surface area contributed by atoms with E-state index in [9.17, 15) is 29.1 Å². The van der Waals surface area contributed by atoms with Gasteiger partial charge < -0.3 is 39.0 Å². The van der Waals surface area contributed by atoms with Gasteiger partial charge in [0.1, 0.15) is 35.6 Å². The highest BCUT2D eigenvalue weighted by molar-refractivity contribution is 6.00. The second-order valence-electron chi connectivity index (χ2n) is 17.2. The van der Waals surface area contributed by atoms with Gasteiger partial charge in [0.2, 0.25) is 0 Å². The number of carbonyl (C=O) groups excluding carboxylic acids is 5. The van der Waals surface area contributed by atoms with Gasteiger partial charge in [-0.3, -0.25) is 29.8 Å². The summed E-state index contributed by atoms with van der Waals surface area (Å²) in [6, 6.07) is 6.49. The van der Waals surface area contributed by atoms with Crippen LogP contribution in [0, 0.1) is 23.7 Å². The molecule has 4 N–H and O–H groups in total. The van der Waals surface area contributed by atoms with Crippen molar-refractivity contribution < 1.29 is 52.8 Å². The number of hydrogen-bond acceptors (Lipinski definition) is 15. The largest absolute Gasteiger partial charge is 0.458 e. The van der Waals surface area contributed by atoms with Crippen LogP contribution in [0.2, 0.25) is 0 Å². The lowest BCUT2D eigenvalue weighted by Gasteiger charge is -2.47. The van der Waals surface area contributed by atoms with Gasteiger partial charge in [0.05, 0.1) is 24.0 Å². The van der Waals surface area contributed by atoms with Crippen molar-refractivity contribution in [2.45, 2.75) is 135 Å². The molecule has 0 spiro atoms. The van der Waals surface area contributed by atoms with E-state index in [-0.39, 0.29) is 30.8 Å². The third-order valence-corrected chi connectivity index (χ3v) is 12.3. The van der Waals surface area contributed by atoms with Crippen LogP contribution in [0.1, 0.15) is 80.2 Å². The van der Waals surface area contributed by atoms with Crippen LogP contribution in [-0.2, 0) is 44.5 Å². The van der Waals surface area contributed by atoms with Crippen LogP contribution in [-0.4, -0.2) is 124 Å². The van der Waals surface area contributed by atoms with Gasteiger partial charge in [-0.25, -0.2) is 15.0 Å². The van der Waals surface area contributed by atoms with E-state index in [4.69, 9.17) is 23.7 Å². The summed E-state index contributed by atoms with van der Waals surface area (Å²) in [4.78, 5) is 79.5. The number of ether oxygens (including phenoxy) is 5. The molecule has 2 amide bonds. The van der Waals surface area contributed by atoms with Gasteiger partial charge in [-0.15, -0.1) is 0 Å². The van der Waals surface area contributed by atoms with E-state index in [1.54, 1.807) is 60.1 Å². The fraction of sp³-hybridized carbons (Fsp3) is 0.651. The van der Waals surface area contributed by atoms with Crippen LogP contribution < -0.4 is 16.2 Å². The quantitative estimate of drug-likeness (QED) is 0.0881. The number of nitrogens with one attached hydrogen (secondary N) is 3. The highest BCUT2D eigenvalue weighted by atomic mass is 16.7. The van der Waals surface area contributed by atoms with Crippen molar-refractivity contribution in [2.75, 3.05) is 20.6 Å². The number of benzene rings is 1. The van der Waals surface area contributed by atoms with E-state index in [1.807, 2.05) is 50.2 Å². The molecule has 2 aromatic rings. The number of likely N-dealkylation sites (N-methyl/N-ethyl adjacent to an activating group) is 1. The van der Waals surface area contributed by atoms with Crippen molar-refractivity contribution in [3.63, 3.8) is 0 Å². The number of ketones is 2. The van der Waals surface area contributed by atoms with E-state index in [1.165, 1.54) is 6.92 Å². The van der Waals surface area contributed by atoms with Gasteiger partial charge >= 0.3 is 18.2 Å². The molecule has 0 radical (unpaired) electrons. The fourth-order valence-corrected chi connectivity index (χ4v) is 8.95. The number of hydrazine groups is 1. The summed E-state index contributed by atoms with van der Waals surface area (Å²) >= 11 is 0. The number of aromatic nitrogens is 2. The van der Waals surface area contributed by atoms with Gasteiger partial charge in [0, 0.05) is 48.3 Å². The first kappa shape index (κ1) is 46.5. The van der Waals surface area contributed by atoms with Crippen LogP contribution in [0.25, 0.3) is 11.3 Å². The van der Waals surface area contributed by atoms with Gasteiger partial charge in [-0.1, -0.05) is 52.0 Å². The molecule has 330 valence electrons. The molecule has 3 saturated heterocycles. The first-order valence-corrected chi connectivity index (χ1v) is 20.8. The average Bonchev–Trinajstić information content (AvgIpc) is 3.53. The van der Waals surface area contributed by atoms with Crippen molar-refractivity contribution in [1.29, 1.82) is 0 Å². The molecule has 1 aromatic carbocycles. The standard InChI is InChI=1S/C43H62N6O11/c1-11-32-43(8)36(47-40(54)60-43)25(4)33(50)23(2)21-42(7,59-41(55)48-46-17-16-28-12-14-29(15-13-28)30-22-44-18-19-45-30)37(26(5)34(51)27(6)38(53)57-32)58-39-35(52)31(49(9)10)20-24(3)56-39/h12-15,18-19,22-27,31-32,35-37,39,46,52H,11,16-17,20-21H2,1-10H3,(H,47,54)(H,48,55)/t23-,24-,25+,26+,27-,31+,32-,35-,36-,37-,39+,42-,43-/m1/s1. The second-order valence-corrected chi connectivity index (χ2v) is 17.2. The van der Waals surface area contributed by atoms with Crippen molar-refractivity contribution in [3.05, 3.63) is 48.4 Å². The fourth-order valence-electron chi connectivity index (χ4n) is 8.95. The van der Waals surface area contributed by atoms with Crippen LogP contribution >= 0.6 is 0 Å². The first-order valence-electron chi connectivity index (χ1n) is 20.8. The van der Waals surface area contributed by atoms with Crippen LogP contribution in [0.4, 0.5) is 9.59 Å². The summed E-state index contributed by atoms with van der Waals surface area (Å²) < 4.78 is 30.6. The Bertz CT molecular complexity index is 1830. The number of aliphatic hydroxyl groups excluding tert-OH is 1. The van der Waals surface area contributed by atoms with E-state index in [0.29, 0.717) is 19.4 Å². The molecule has 1 aromatic heterocycles. The number of amides is 2. The minimum Gasteiger partial charge on any atom is -0.458 e. The number of carbonyl (C=O) groups is 5. The molecule has 13 atom stereocenters. The van der Waals surface area contributed by atoms with Crippen LogP contribution in [0.5, 0.6) is 0 Å². The molecule has 5 rings (SSSR count). The average molecular weight is 839 g/mol. The number of aliphatic hydroxyl groups is 1. The molecule has 0 unspecified atom stereocenters. The summed E-state index contributed by atoms with van der Waals surface area (Å²) in [5.41, 5.74) is 4.91. The Balaban J connectivity index is 1.45. The first-order chi connectivity index (χ1) is 28.3. The smallest absolute Gasteiger partial charge is 0.422 e. The predicted molar refractivity (Wildman–Crippen MR) is 218 cm³/mol. The third-order valence-electron chi connectivity index (χ3n) is 12.3. The second kappa shape index (κ2) is 19.4. The van der Waals surface area contributed by atoms with E-state index < -0.39 is 89.5 Å². The van der Waals surface area contributed by atoms with Gasteiger partial charge in [0.25, 0.3) is 0 Å². The number of fused-ring (bicyclic) bond motifs is 1. The van der Waals surface area contributed by atoms with Gasteiger partial charge in [-0.2, -0.15) is 0 Å². The highest BCUT2D eigenvalue weighted by Gasteiger charge is 2.57. The zero-order chi connectivity index (χ0) is 44.1. The number of esters is 1. The van der Waals surface area contributed by atoms with Crippen molar-refractivity contribution in [1.82, 2.24) is 31.0 Å². The summed E-state index contributed by atoms with van der Waals surface area (Å²) in [6.45, 7) is 13.4. The van der Waals surface area contributed by atoms with Crippen LogP contribution in [0.3, 0.4) is 0 Å². The molecule has 3 fully saturated rings. The minimum absolute atomic E-state index is 0.159. The molecule has 4 heterocycles. The minimum atomic E-state index is -1.76. The summed E-state index contributed by atoms with van der Waals surface area (Å²) in [7, 11) is 3.65. The molecular weight excluding hydrogens is 777 g/mol. The van der Waals surface area contributed by atoms with Gasteiger partial charge in [-0.05, 0) is 73.0 Å². The maximum atomic E-state index is 14.4. The van der Waals surface area contributed by atoms with E-state index in [0.717, 1.165) is 16.8 Å². The molecule has 17 nitrogen and oxygen atoms in total. The molecule has 3 aliphatic rings. The summed E-state index contributed by atoms with van der Waals surface area (Å²) in [5.74, 6) is -6.00. The maximum absolute atomic E-state index is 14.4. The van der Waals surface area contributed by atoms with E-state index >= 15 is 0 Å². The molecular formula is C43H62N6O11. The number of alkyl carbamates (subject to hydrolysis) is 1. The van der Waals surface area contributed by atoms with Crippen LogP contribution in [0.15, 0.2) is 42.9 Å². The predicted octanol–water partition coefficient (Wildman–Crippen LogP) is 3.76. The van der Waals surface area contributed by atoms with Crippen molar-refractivity contribution in [2.24, 2.45) is 23.7 Å². The molecule has 60 heavy (non-hydrogen) atoms. The molecule has 17 heteroatoms. The topological polar surface area (TPSA) is 217 Å². The number of rotatable bonds is 10. The Labute approximate surface area is 352 Å². The lowest BCUT2D eigenvalue weighted by Crippen LogP contribution is -2.61. The molecule has 0 saturated carbocycles. The molecule has 0 aliphatic carbocycles. The maximum Gasteiger partial charge on any atom is 0.422 e. The van der Waals surface area contributed by atoms with Crippen molar-refractivity contribution >= 4 is 29.7 Å². The Morgan fingerprint density at radius 3 is 2.35 bits per heavy atom. The van der Waals surface area contributed by atoms with Crippen molar-refractivity contribution in [3.8, 4) is 11.3 Å². The number of Topliss-reactive ketones (excluding diaryl/α,β-unsaturated/α-hetero) is 2. The van der Waals surface area contributed by atoms with Gasteiger partial charge in [0.15, 0.2) is 17.7 Å². The lowest BCUT2D eigenvalue weighted by atomic mass is 9.73. The highest BCUT2D eigenvalue weighted by Crippen LogP contribution is 2.40. The SMILES string of the molecule is CC[C@H]1OC(=O)[C@H](C)C(=O)[C@H](C)[C@@H](O[C@@H]2O[C@H](C)C[C@H](N(C)C)[C@H]2O)[C@](C)(OC(=O)NNCCc2ccc(-c3cnccn3)cc2)C[C@@H](C)C(=O)[C@H](C)[C@H]2NC(=O)O[C@@]21C. The Kier molecular flexibility index (Phi) is 15.1. The summed E-state index contributed by atoms with van der Waals surface area (Å²) in [6.07, 6.45) is -0.876.